The molecule has 13 heavy (non-hydrogen) atoms. The molecule has 0 radical (unpaired) electrons. The van der Waals surface area contributed by atoms with Gasteiger partial charge in [-0.2, -0.15) is 11.3 Å². The molecule has 72 valence electrons. The summed E-state index contributed by atoms with van der Waals surface area (Å²) in [7, 11) is 2.04. The summed E-state index contributed by atoms with van der Waals surface area (Å²) in [4.78, 5) is 2.16. The number of hydrogen-bond acceptors (Lipinski definition) is 3. The van der Waals surface area contributed by atoms with Gasteiger partial charge in [0.2, 0.25) is 0 Å². The number of hydrogen-bond donors (Lipinski definition) is 1. The van der Waals surface area contributed by atoms with Crippen LogP contribution in [0.5, 0.6) is 0 Å². The molecule has 4 heteroatoms. The van der Waals surface area contributed by atoms with Crippen molar-refractivity contribution in [1.29, 1.82) is 0 Å². The SMILES string of the molecule is CN1CCC(O)(c2cscc2Br)C1. The van der Waals surface area contributed by atoms with Crippen molar-refractivity contribution in [1.82, 2.24) is 4.90 Å². The van der Waals surface area contributed by atoms with Gasteiger partial charge in [-0.05, 0) is 34.8 Å². The van der Waals surface area contributed by atoms with Crippen LogP contribution in [0.2, 0.25) is 0 Å². The molecular formula is C9H12BrNOS. The summed E-state index contributed by atoms with van der Waals surface area (Å²) in [6.07, 6.45) is 0.832. The Hall–Kier alpha value is 0.100. The second-order valence-corrected chi connectivity index (χ2v) is 5.25. The van der Waals surface area contributed by atoms with E-state index in [9.17, 15) is 5.11 Å². The van der Waals surface area contributed by atoms with Crippen LogP contribution in [0.3, 0.4) is 0 Å². The number of nitrogens with zero attached hydrogens (tertiary/aromatic N) is 1. The van der Waals surface area contributed by atoms with Gasteiger partial charge in [0.25, 0.3) is 0 Å². The Labute approximate surface area is 90.3 Å². The smallest absolute Gasteiger partial charge is 0.105 e. The van der Waals surface area contributed by atoms with Crippen molar-refractivity contribution in [3.8, 4) is 0 Å². The van der Waals surface area contributed by atoms with Gasteiger partial charge in [0, 0.05) is 28.5 Å². The summed E-state index contributed by atoms with van der Waals surface area (Å²) in [5.74, 6) is 0. The largest absolute Gasteiger partial charge is 0.384 e. The van der Waals surface area contributed by atoms with E-state index < -0.39 is 5.60 Å². The number of likely N-dealkylation sites (tertiary alicyclic amines) is 1. The molecular weight excluding hydrogens is 250 g/mol. The summed E-state index contributed by atoms with van der Waals surface area (Å²) in [6.45, 7) is 1.71. The minimum absolute atomic E-state index is 0.631. The molecule has 0 aliphatic carbocycles. The van der Waals surface area contributed by atoms with Crippen molar-refractivity contribution in [3.05, 3.63) is 20.8 Å². The lowest BCUT2D eigenvalue weighted by atomic mass is 9.96. The van der Waals surface area contributed by atoms with E-state index in [0.29, 0.717) is 0 Å². The summed E-state index contributed by atoms with van der Waals surface area (Å²) in [5.41, 5.74) is 0.412. The van der Waals surface area contributed by atoms with Gasteiger partial charge in [-0.1, -0.05) is 0 Å². The molecule has 1 fully saturated rings. The molecule has 1 aliphatic heterocycles. The fourth-order valence-electron chi connectivity index (χ4n) is 1.81. The number of β-amino-alcohol motifs (C(OH)–C–C–N with tert-alkyl or cyclic N) is 1. The average molecular weight is 262 g/mol. The number of likely N-dealkylation sites (N-methyl/N-ethyl adjacent to an activating group) is 1. The summed E-state index contributed by atoms with van der Waals surface area (Å²) in [5, 5.41) is 14.4. The Morgan fingerprint density at radius 1 is 1.62 bits per heavy atom. The van der Waals surface area contributed by atoms with Crippen LogP contribution < -0.4 is 0 Å². The van der Waals surface area contributed by atoms with E-state index in [0.717, 1.165) is 29.5 Å². The van der Waals surface area contributed by atoms with Crippen LogP contribution in [0, 0.1) is 0 Å². The minimum Gasteiger partial charge on any atom is -0.384 e. The Balaban J connectivity index is 2.30. The highest BCUT2D eigenvalue weighted by Gasteiger charge is 2.37. The topological polar surface area (TPSA) is 23.5 Å². The van der Waals surface area contributed by atoms with Crippen molar-refractivity contribution in [2.45, 2.75) is 12.0 Å². The Morgan fingerprint density at radius 2 is 2.38 bits per heavy atom. The molecule has 1 unspecified atom stereocenters. The molecule has 0 saturated carbocycles. The van der Waals surface area contributed by atoms with Crippen molar-refractivity contribution in [2.24, 2.45) is 0 Å². The lowest BCUT2D eigenvalue weighted by Gasteiger charge is -2.21. The molecule has 1 aliphatic rings. The molecule has 0 amide bonds. The van der Waals surface area contributed by atoms with Gasteiger partial charge in [-0.3, -0.25) is 0 Å². The van der Waals surface area contributed by atoms with E-state index in [1.165, 1.54) is 0 Å². The highest BCUT2D eigenvalue weighted by Crippen LogP contribution is 2.37. The fourth-order valence-corrected chi connectivity index (χ4v) is 3.57. The number of rotatable bonds is 1. The number of halogens is 1. The van der Waals surface area contributed by atoms with Crippen LogP contribution in [0.15, 0.2) is 15.2 Å². The normalized spacial score (nSPS) is 29.8. The summed E-state index contributed by atoms with van der Waals surface area (Å²) >= 11 is 5.09. The van der Waals surface area contributed by atoms with Crippen LogP contribution in [0.1, 0.15) is 12.0 Å². The highest BCUT2D eigenvalue weighted by atomic mass is 79.9. The van der Waals surface area contributed by atoms with Gasteiger partial charge in [-0.25, -0.2) is 0 Å². The predicted octanol–water partition coefficient (Wildman–Crippen LogP) is 2.03. The van der Waals surface area contributed by atoms with Gasteiger partial charge in [0.15, 0.2) is 0 Å². The second kappa shape index (κ2) is 3.35. The van der Waals surface area contributed by atoms with E-state index in [1.807, 2.05) is 17.8 Å². The molecule has 1 aromatic rings. The maximum absolute atomic E-state index is 10.3. The van der Waals surface area contributed by atoms with Crippen molar-refractivity contribution in [2.75, 3.05) is 20.1 Å². The zero-order valence-electron chi connectivity index (χ0n) is 7.46. The van der Waals surface area contributed by atoms with E-state index >= 15 is 0 Å². The summed E-state index contributed by atoms with van der Waals surface area (Å²) in [6, 6.07) is 0. The monoisotopic (exact) mass is 261 g/mol. The molecule has 1 atom stereocenters. The van der Waals surface area contributed by atoms with E-state index in [4.69, 9.17) is 0 Å². The molecule has 2 heterocycles. The Bertz CT molecular complexity index is 314. The Morgan fingerprint density at radius 3 is 2.85 bits per heavy atom. The highest BCUT2D eigenvalue weighted by molar-refractivity contribution is 9.10. The molecule has 0 bridgehead atoms. The van der Waals surface area contributed by atoms with Gasteiger partial charge in [-0.15, -0.1) is 0 Å². The van der Waals surface area contributed by atoms with Crippen molar-refractivity contribution >= 4 is 27.3 Å². The van der Waals surface area contributed by atoms with Gasteiger partial charge >= 0.3 is 0 Å². The molecule has 2 rings (SSSR count). The third-order valence-corrected chi connectivity index (χ3v) is 4.26. The van der Waals surface area contributed by atoms with Crippen LogP contribution in [0.4, 0.5) is 0 Å². The lowest BCUT2D eigenvalue weighted by molar-refractivity contribution is 0.0486. The van der Waals surface area contributed by atoms with Crippen molar-refractivity contribution < 1.29 is 5.11 Å². The van der Waals surface area contributed by atoms with Crippen LogP contribution in [0.25, 0.3) is 0 Å². The molecule has 0 spiro atoms. The zero-order chi connectivity index (χ0) is 9.47. The van der Waals surface area contributed by atoms with E-state index in [1.54, 1.807) is 11.3 Å². The van der Waals surface area contributed by atoms with Crippen LogP contribution >= 0.6 is 27.3 Å². The first-order valence-corrected chi connectivity index (χ1v) is 5.98. The second-order valence-electron chi connectivity index (χ2n) is 3.65. The van der Waals surface area contributed by atoms with Crippen LogP contribution in [-0.2, 0) is 5.60 Å². The fraction of sp³-hybridized carbons (Fsp3) is 0.556. The molecule has 2 nitrogen and oxygen atoms in total. The quantitative estimate of drug-likeness (QED) is 0.837. The van der Waals surface area contributed by atoms with E-state index in [2.05, 4.69) is 20.8 Å². The standard InChI is InChI=1S/C9H12BrNOS/c1-11-3-2-9(12,6-11)7-4-13-5-8(7)10/h4-5,12H,2-3,6H2,1H3. The average Bonchev–Trinajstić information content (AvgIpc) is 2.59. The molecule has 1 aromatic heterocycles. The number of thiophene rings is 1. The third-order valence-electron chi connectivity index (χ3n) is 2.55. The van der Waals surface area contributed by atoms with Crippen molar-refractivity contribution in [3.63, 3.8) is 0 Å². The molecule has 1 saturated heterocycles. The maximum atomic E-state index is 10.3. The molecule has 0 aromatic carbocycles. The lowest BCUT2D eigenvalue weighted by Crippen LogP contribution is -2.28. The first kappa shape index (κ1) is 9.65. The first-order chi connectivity index (χ1) is 6.12. The van der Waals surface area contributed by atoms with Gasteiger partial charge in [0.1, 0.15) is 5.60 Å². The third kappa shape index (κ3) is 1.68. The Kier molecular flexibility index (Phi) is 2.49. The predicted molar refractivity (Wildman–Crippen MR) is 58.0 cm³/mol. The van der Waals surface area contributed by atoms with Gasteiger partial charge in [0.05, 0.1) is 0 Å². The van der Waals surface area contributed by atoms with E-state index in [-0.39, 0.29) is 0 Å². The minimum atomic E-state index is -0.631. The summed E-state index contributed by atoms with van der Waals surface area (Å²) < 4.78 is 1.04. The van der Waals surface area contributed by atoms with Gasteiger partial charge < -0.3 is 10.0 Å². The number of aliphatic hydroxyl groups is 1. The molecule has 1 N–H and O–H groups in total. The maximum Gasteiger partial charge on any atom is 0.105 e. The van der Waals surface area contributed by atoms with Crippen LogP contribution in [-0.4, -0.2) is 30.1 Å². The first-order valence-electron chi connectivity index (χ1n) is 4.25. The zero-order valence-corrected chi connectivity index (χ0v) is 9.86.